The molecule has 0 radical (unpaired) electrons. The van der Waals surface area contributed by atoms with Gasteiger partial charge >= 0.3 is 5.97 Å². The Hall–Kier alpha value is -3.14. The molecule has 0 bridgehead atoms. The molecule has 10 heteroatoms. The number of phenolic OH excluding ortho intramolecular Hbond substituents is 1. The highest BCUT2D eigenvalue weighted by molar-refractivity contribution is 5.94. The molecule has 1 aromatic carbocycles. The van der Waals surface area contributed by atoms with E-state index in [1.807, 2.05) is 20.8 Å². The molecular formula is C25H38N4O6. The van der Waals surface area contributed by atoms with E-state index >= 15 is 0 Å². The zero-order valence-corrected chi connectivity index (χ0v) is 20.9. The second-order valence-corrected chi connectivity index (χ2v) is 9.60. The minimum Gasteiger partial charge on any atom is -0.508 e. The lowest BCUT2D eigenvalue weighted by molar-refractivity contribution is -0.143. The monoisotopic (exact) mass is 490 g/mol. The van der Waals surface area contributed by atoms with Gasteiger partial charge in [-0.25, -0.2) is 4.79 Å². The van der Waals surface area contributed by atoms with Gasteiger partial charge in [0, 0.05) is 13.0 Å². The number of amides is 3. The van der Waals surface area contributed by atoms with Crippen LogP contribution in [0, 0.1) is 11.8 Å². The number of nitrogens with two attached hydrogens (primary N) is 1. The Morgan fingerprint density at radius 3 is 2.29 bits per heavy atom. The highest BCUT2D eigenvalue weighted by Gasteiger charge is 2.39. The van der Waals surface area contributed by atoms with E-state index in [0.717, 1.165) is 0 Å². The fraction of sp³-hybridized carbons (Fsp3) is 0.600. The maximum Gasteiger partial charge on any atom is 0.326 e. The van der Waals surface area contributed by atoms with Crippen molar-refractivity contribution in [3.63, 3.8) is 0 Å². The molecule has 10 nitrogen and oxygen atoms in total. The molecule has 1 aromatic rings. The first-order valence-corrected chi connectivity index (χ1v) is 12.1. The van der Waals surface area contributed by atoms with Crippen molar-refractivity contribution >= 4 is 23.7 Å². The highest BCUT2D eigenvalue weighted by atomic mass is 16.4. The summed E-state index contributed by atoms with van der Waals surface area (Å²) in [7, 11) is 0. The Morgan fingerprint density at radius 2 is 1.74 bits per heavy atom. The second kappa shape index (κ2) is 12.5. The lowest BCUT2D eigenvalue weighted by Gasteiger charge is -2.31. The van der Waals surface area contributed by atoms with Crippen molar-refractivity contribution in [2.45, 2.75) is 77.5 Å². The van der Waals surface area contributed by atoms with Crippen LogP contribution in [-0.2, 0) is 25.6 Å². The van der Waals surface area contributed by atoms with E-state index in [1.165, 1.54) is 17.0 Å². The van der Waals surface area contributed by atoms with Crippen LogP contribution in [-0.4, -0.2) is 69.5 Å². The minimum atomic E-state index is -1.22. The van der Waals surface area contributed by atoms with Gasteiger partial charge in [-0.2, -0.15) is 0 Å². The summed E-state index contributed by atoms with van der Waals surface area (Å²) in [6.07, 6.45) is 1.71. The number of rotatable bonds is 11. The molecule has 0 spiro atoms. The fourth-order valence-corrected chi connectivity index (χ4v) is 4.06. The van der Waals surface area contributed by atoms with Gasteiger partial charge in [-0.3, -0.25) is 14.4 Å². The molecule has 1 aliphatic heterocycles. The van der Waals surface area contributed by atoms with E-state index in [9.17, 15) is 29.4 Å². The summed E-state index contributed by atoms with van der Waals surface area (Å²) in [6, 6.07) is 2.43. The Morgan fingerprint density at radius 1 is 1.11 bits per heavy atom. The SMILES string of the molecule is CCC(C)C(NC(=O)C1CCCN1C(=O)C(N)C(C)C)C(=O)NC(Cc1ccc(O)cc1)C(=O)O. The molecule has 3 amide bonds. The standard InChI is InChI=1S/C25H38N4O6/c1-5-15(4)21(23(32)27-18(25(34)35)13-16-8-10-17(30)11-9-16)28-22(31)19-7-6-12-29(19)24(33)20(26)14(2)3/h8-11,14-15,18-21,30H,5-7,12-13,26H2,1-4H3,(H,27,32)(H,28,31)(H,34,35). The van der Waals surface area contributed by atoms with Crippen molar-refractivity contribution in [2.75, 3.05) is 6.54 Å². The van der Waals surface area contributed by atoms with Gasteiger partial charge in [-0.15, -0.1) is 0 Å². The summed E-state index contributed by atoms with van der Waals surface area (Å²) in [6.45, 7) is 7.77. The molecule has 0 aromatic heterocycles. The van der Waals surface area contributed by atoms with E-state index in [-0.39, 0.29) is 29.9 Å². The Balaban J connectivity index is 2.14. The van der Waals surface area contributed by atoms with Gasteiger partial charge in [0.2, 0.25) is 17.7 Å². The Labute approximate surface area is 206 Å². The molecule has 194 valence electrons. The number of carbonyl (C=O) groups excluding carboxylic acids is 3. The predicted octanol–water partition coefficient (Wildman–Crippen LogP) is 1.01. The number of hydrogen-bond acceptors (Lipinski definition) is 6. The normalized spacial score (nSPS) is 19.0. The van der Waals surface area contributed by atoms with Crippen molar-refractivity contribution in [3.05, 3.63) is 29.8 Å². The van der Waals surface area contributed by atoms with Gasteiger partial charge in [-0.1, -0.05) is 46.2 Å². The van der Waals surface area contributed by atoms with Crippen molar-refractivity contribution in [3.8, 4) is 5.75 Å². The summed E-state index contributed by atoms with van der Waals surface area (Å²) in [5.74, 6) is -2.85. The minimum absolute atomic E-state index is 0.0144. The smallest absolute Gasteiger partial charge is 0.326 e. The van der Waals surface area contributed by atoms with Gasteiger partial charge in [0.25, 0.3) is 0 Å². The number of likely N-dealkylation sites (tertiary alicyclic amines) is 1. The van der Waals surface area contributed by atoms with E-state index in [4.69, 9.17) is 5.73 Å². The van der Waals surface area contributed by atoms with Crippen LogP contribution in [0.15, 0.2) is 24.3 Å². The third kappa shape index (κ3) is 7.42. The summed E-state index contributed by atoms with van der Waals surface area (Å²) < 4.78 is 0. The fourth-order valence-electron chi connectivity index (χ4n) is 4.06. The lowest BCUT2D eigenvalue weighted by Crippen LogP contribution is -2.58. The topological polar surface area (TPSA) is 162 Å². The van der Waals surface area contributed by atoms with Gasteiger partial charge in [0.15, 0.2) is 0 Å². The molecule has 1 heterocycles. The number of phenols is 1. The molecule has 1 aliphatic rings. The summed E-state index contributed by atoms with van der Waals surface area (Å²) in [4.78, 5) is 52.4. The number of nitrogens with zero attached hydrogens (tertiary/aromatic N) is 1. The van der Waals surface area contributed by atoms with Gasteiger partial charge < -0.3 is 31.5 Å². The maximum absolute atomic E-state index is 13.2. The van der Waals surface area contributed by atoms with Crippen molar-refractivity contribution in [2.24, 2.45) is 17.6 Å². The molecule has 0 saturated carbocycles. The first-order valence-electron chi connectivity index (χ1n) is 12.1. The first kappa shape index (κ1) is 28.1. The number of carbonyl (C=O) groups is 4. The van der Waals surface area contributed by atoms with Crippen molar-refractivity contribution < 1.29 is 29.4 Å². The van der Waals surface area contributed by atoms with Gasteiger partial charge in [0.05, 0.1) is 6.04 Å². The van der Waals surface area contributed by atoms with E-state index < -0.39 is 42.0 Å². The Kier molecular flexibility index (Phi) is 10.1. The van der Waals surface area contributed by atoms with Crippen molar-refractivity contribution in [1.29, 1.82) is 0 Å². The second-order valence-electron chi connectivity index (χ2n) is 9.60. The molecule has 0 aliphatic carbocycles. The van der Waals surface area contributed by atoms with Gasteiger partial charge in [0.1, 0.15) is 23.9 Å². The molecule has 6 N–H and O–H groups in total. The van der Waals surface area contributed by atoms with E-state index in [0.29, 0.717) is 31.4 Å². The predicted molar refractivity (Wildman–Crippen MR) is 130 cm³/mol. The van der Waals surface area contributed by atoms with Crippen LogP contribution in [0.25, 0.3) is 0 Å². The molecule has 1 saturated heterocycles. The van der Waals surface area contributed by atoms with Crippen LogP contribution in [0.3, 0.4) is 0 Å². The molecule has 2 rings (SSSR count). The van der Waals surface area contributed by atoms with Crippen LogP contribution in [0.1, 0.15) is 52.5 Å². The van der Waals surface area contributed by atoms with Gasteiger partial charge in [-0.05, 0) is 42.4 Å². The van der Waals surface area contributed by atoms with Crippen LogP contribution in [0.2, 0.25) is 0 Å². The van der Waals surface area contributed by atoms with Crippen LogP contribution in [0.4, 0.5) is 0 Å². The molecular weight excluding hydrogens is 452 g/mol. The van der Waals surface area contributed by atoms with E-state index in [1.54, 1.807) is 19.1 Å². The summed E-state index contributed by atoms with van der Waals surface area (Å²) in [5, 5.41) is 24.4. The number of carboxylic acids is 1. The van der Waals surface area contributed by atoms with E-state index in [2.05, 4.69) is 10.6 Å². The lowest BCUT2D eigenvalue weighted by atomic mass is 9.96. The van der Waals surface area contributed by atoms with Crippen LogP contribution in [0.5, 0.6) is 5.75 Å². The zero-order valence-electron chi connectivity index (χ0n) is 20.9. The highest BCUT2D eigenvalue weighted by Crippen LogP contribution is 2.21. The zero-order chi connectivity index (χ0) is 26.3. The van der Waals surface area contributed by atoms with Crippen LogP contribution < -0.4 is 16.4 Å². The summed E-state index contributed by atoms with van der Waals surface area (Å²) in [5.41, 5.74) is 6.65. The first-order chi connectivity index (χ1) is 16.5. The largest absolute Gasteiger partial charge is 0.508 e. The Bertz CT molecular complexity index is 904. The quantitative estimate of drug-likeness (QED) is 0.309. The maximum atomic E-state index is 13.2. The van der Waals surface area contributed by atoms with Crippen LogP contribution >= 0.6 is 0 Å². The number of aromatic hydroxyl groups is 1. The average Bonchev–Trinajstić information content (AvgIpc) is 3.31. The average molecular weight is 491 g/mol. The number of carboxylic acid groups (broad SMARTS) is 1. The summed E-state index contributed by atoms with van der Waals surface area (Å²) >= 11 is 0. The number of aliphatic carboxylic acids is 1. The molecule has 35 heavy (non-hydrogen) atoms. The molecule has 1 fully saturated rings. The van der Waals surface area contributed by atoms with Crippen molar-refractivity contribution in [1.82, 2.24) is 15.5 Å². The molecule has 5 unspecified atom stereocenters. The number of nitrogens with one attached hydrogen (secondary N) is 2. The number of hydrogen-bond donors (Lipinski definition) is 5. The molecule has 5 atom stereocenters. The number of benzene rings is 1. The third-order valence-corrected chi connectivity index (χ3v) is 6.63. The third-order valence-electron chi connectivity index (χ3n) is 6.63.